The van der Waals surface area contributed by atoms with Gasteiger partial charge in [0.1, 0.15) is 5.82 Å². The summed E-state index contributed by atoms with van der Waals surface area (Å²) in [7, 11) is 1.78. The number of carbonyl (C=O) groups is 2. The van der Waals surface area contributed by atoms with Crippen molar-refractivity contribution >= 4 is 40.7 Å². The number of anilines is 3. The summed E-state index contributed by atoms with van der Waals surface area (Å²) in [6, 6.07) is 25.1. The van der Waals surface area contributed by atoms with Crippen molar-refractivity contribution < 1.29 is 9.59 Å². The van der Waals surface area contributed by atoms with E-state index in [0.717, 1.165) is 11.3 Å². The van der Waals surface area contributed by atoms with E-state index in [1.807, 2.05) is 42.5 Å². The van der Waals surface area contributed by atoms with E-state index < -0.39 is 6.03 Å². The van der Waals surface area contributed by atoms with Gasteiger partial charge in [0.25, 0.3) is 5.91 Å². The van der Waals surface area contributed by atoms with Crippen LogP contribution in [0.4, 0.5) is 22.0 Å². The van der Waals surface area contributed by atoms with Gasteiger partial charge in [-0.15, -0.1) is 0 Å². The number of nitrogens with zero attached hydrogens (tertiary/aromatic N) is 4. The lowest BCUT2D eigenvalue weighted by atomic mass is 10.1. The summed E-state index contributed by atoms with van der Waals surface area (Å²) >= 11 is 6.09. The van der Waals surface area contributed by atoms with Crippen LogP contribution in [-0.2, 0) is 7.05 Å². The number of hydrogen-bond donors (Lipinski definition) is 3. The lowest BCUT2D eigenvalue weighted by Gasteiger charge is -2.08. The second kappa shape index (κ2) is 10.4. The van der Waals surface area contributed by atoms with Crippen molar-refractivity contribution in [2.45, 2.75) is 0 Å². The molecular formula is C27H22ClN7O2. The highest BCUT2D eigenvalue weighted by atomic mass is 35.5. The topological polar surface area (TPSA) is 106 Å². The number of benzene rings is 3. The lowest BCUT2D eigenvalue weighted by Crippen LogP contribution is -2.19. The molecule has 9 nitrogen and oxygen atoms in total. The minimum atomic E-state index is -0.452. The van der Waals surface area contributed by atoms with E-state index in [2.05, 4.69) is 26.1 Å². The Morgan fingerprint density at radius 3 is 2.46 bits per heavy atom. The molecule has 0 radical (unpaired) electrons. The van der Waals surface area contributed by atoms with Crippen LogP contribution in [0.15, 0.2) is 97.3 Å². The molecule has 0 saturated carbocycles. The van der Waals surface area contributed by atoms with E-state index in [4.69, 9.17) is 11.6 Å². The molecule has 3 aromatic carbocycles. The van der Waals surface area contributed by atoms with Crippen molar-refractivity contribution in [1.82, 2.24) is 19.6 Å². The molecule has 37 heavy (non-hydrogen) atoms. The first-order chi connectivity index (χ1) is 18.0. The molecule has 10 heteroatoms. The van der Waals surface area contributed by atoms with Gasteiger partial charge in [0.15, 0.2) is 0 Å². The minimum Gasteiger partial charge on any atom is -0.307 e. The standard InChI is InChI=1S/C27H22ClN7O2/c1-34-25(15-24(33-34)18-8-3-2-4-9-18)32-26(36)19-10-7-11-21(14-19)35-17-20(16-29-35)30-27(37)31-23-13-6-5-12-22(23)28/h2-17H,1H3,(H,32,36)(H2,30,31,37). The zero-order chi connectivity index (χ0) is 25.8. The normalized spacial score (nSPS) is 10.6. The Bertz CT molecular complexity index is 1580. The van der Waals surface area contributed by atoms with Crippen molar-refractivity contribution in [3.8, 4) is 16.9 Å². The van der Waals surface area contributed by atoms with Crippen molar-refractivity contribution in [1.29, 1.82) is 0 Å². The summed E-state index contributed by atoms with van der Waals surface area (Å²) in [5.41, 5.74) is 3.80. The van der Waals surface area contributed by atoms with Crippen LogP contribution in [-0.4, -0.2) is 31.5 Å². The highest BCUT2D eigenvalue weighted by Gasteiger charge is 2.13. The van der Waals surface area contributed by atoms with Gasteiger partial charge in [0.2, 0.25) is 0 Å². The molecule has 0 saturated heterocycles. The summed E-state index contributed by atoms with van der Waals surface area (Å²) in [5.74, 6) is 0.290. The number of hydrogen-bond acceptors (Lipinski definition) is 4. The fourth-order valence-corrected chi connectivity index (χ4v) is 3.87. The van der Waals surface area contributed by atoms with Crippen molar-refractivity contribution in [2.75, 3.05) is 16.0 Å². The first kappa shape index (κ1) is 23.8. The highest BCUT2D eigenvalue weighted by Crippen LogP contribution is 2.23. The first-order valence-electron chi connectivity index (χ1n) is 11.3. The Labute approximate surface area is 217 Å². The van der Waals surface area contributed by atoms with Crippen molar-refractivity contribution in [3.63, 3.8) is 0 Å². The molecule has 0 aliphatic heterocycles. The predicted molar refractivity (Wildman–Crippen MR) is 144 cm³/mol. The second-order valence-corrected chi connectivity index (χ2v) is 8.55. The van der Waals surface area contributed by atoms with Crippen molar-refractivity contribution in [3.05, 3.63) is 108 Å². The molecule has 5 rings (SSSR count). The molecule has 0 aliphatic carbocycles. The molecule has 2 aromatic heterocycles. The van der Waals surface area contributed by atoms with Gasteiger partial charge in [0, 0.05) is 24.2 Å². The third-order valence-corrected chi connectivity index (χ3v) is 5.86. The smallest absolute Gasteiger partial charge is 0.307 e. The number of para-hydroxylation sites is 1. The SMILES string of the molecule is Cn1nc(-c2ccccc2)cc1NC(=O)c1cccc(-n2cc(NC(=O)Nc3ccccc3Cl)cn2)c1. The molecule has 0 spiro atoms. The number of aryl methyl sites for hydroxylation is 1. The maximum absolute atomic E-state index is 13.0. The number of nitrogens with one attached hydrogen (secondary N) is 3. The number of amides is 3. The van der Waals surface area contributed by atoms with Gasteiger partial charge in [-0.05, 0) is 30.3 Å². The van der Waals surface area contributed by atoms with E-state index in [1.165, 1.54) is 6.20 Å². The minimum absolute atomic E-state index is 0.283. The molecule has 184 valence electrons. The molecule has 0 unspecified atom stereocenters. The summed E-state index contributed by atoms with van der Waals surface area (Å²) in [6.45, 7) is 0. The van der Waals surface area contributed by atoms with Gasteiger partial charge in [-0.3, -0.25) is 9.48 Å². The van der Waals surface area contributed by atoms with Crippen LogP contribution in [0.3, 0.4) is 0 Å². The van der Waals surface area contributed by atoms with Crippen LogP contribution < -0.4 is 16.0 Å². The fraction of sp³-hybridized carbons (Fsp3) is 0.0370. The molecule has 0 aliphatic rings. The second-order valence-electron chi connectivity index (χ2n) is 8.14. The Morgan fingerprint density at radius 2 is 1.65 bits per heavy atom. The van der Waals surface area contributed by atoms with Gasteiger partial charge < -0.3 is 16.0 Å². The van der Waals surface area contributed by atoms with Gasteiger partial charge in [-0.1, -0.05) is 60.1 Å². The molecular weight excluding hydrogens is 490 g/mol. The summed E-state index contributed by atoms with van der Waals surface area (Å²) in [5, 5.41) is 17.6. The van der Waals surface area contributed by atoms with Crippen molar-refractivity contribution in [2.24, 2.45) is 7.05 Å². The van der Waals surface area contributed by atoms with Crippen LogP contribution >= 0.6 is 11.6 Å². The Hall–Kier alpha value is -4.89. The third-order valence-electron chi connectivity index (χ3n) is 5.53. The van der Waals surface area contributed by atoms with Crippen LogP contribution in [0.2, 0.25) is 5.02 Å². The summed E-state index contributed by atoms with van der Waals surface area (Å²) < 4.78 is 3.20. The zero-order valence-corrected chi connectivity index (χ0v) is 20.5. The zero-order valence-electron chi connectivity index (χ0n) is 19.7. The van der Waals surface area contributed by atoms with Crippen LogP contribution in [0.25, 0.3) is 16.9 Å². The number of urea groups is 1. The number of carbonyl (C=O) groups excluding carboxylic acids is 2. The maximum atomic E-state index is 13.0. The van der Waals surface area contributed by atoms with E-state index in [1.54, 1.807) is 65.1 Å². The average molecular weight is 512 g/mol. The molecule has 0 fully saturated rings. The van der Waals surface area contributed by atoms with Crippen LogP contribution in [0.5, 0.6) is 0 Å². The molecule has 3 amide bonds. The molecule has 2 heterocycles. The Balaban J connectivity index is 1.27. The van der Waals surface area contributed by atoms with E-state index in [9.17, 15) is 9.59 Å². The van der Waals surface area contributed by atoms with Gasteiger partial charge >= 0.3 is 6.03 Å². The number of aromatic nitrogens is 4. The fourth-order valence-electron chi connectivity index (χ4n) is 3.69. The van der Waals surface area contributed by atoms with Gasteiger partial charge in [-0.25, -0.2) is 9.48 Å². The molecule has 0 atom stereocenters. The predicted octanol–water partition coefficient (Wildman–Crippen LogP) is 5.82. The third kappa shape index (κ3) is 5.52. The Kier molecular flexibility index (Phi) is 6.69. The summed E-state index contributed by atoms with van der Waals surface area (Å²) in [4.78, 5) is 25.3. The highest BCUT2D eigenvalue weighted by molar-refractivity contribution is 6.33. The lowest BCUT2D eigenvalue weighted by molar-refractivity contribution is 0.102. The van der Waals surface area contributed by atoms with E-state index in [-0.39, 0.29) is 5.91 Å². The quantitative estimate of drug-likeness (QED) is 0.267. The largest absolute Gasteiger partial charge is 0.323 e. The monoisotopic (exact) mass is 511 g/mol. The molecule has 3 N–H and O–H groups in total. The van der Waals surface area contributed by atoms with E-state index >= 15 is 0 Å². The number of halogens is 1. The molecule has 5 aromatic rings. The van der Waals surface area contributed by atoms with Crippen LogP contribution in [0, 0.1) is 0 Å². The van der Waals surface area contributed by atoms with E-state index in [0.29, 0.717) is 33.5 Å². The summed E-state index contributed by atoms with van der Waals surface area (Å²) in [6.07, 6.45) is 3.16. The van der Waals surface area contributed by atoms with Gasteiger partial charge in [0.05, 0.1) is 40.2 Å². The molecule has 0 bridgehead atoms. The maximum Gasteiger partial charge on any atom is 0.323 e. The first-order valence-corrected chi connectivity index (χ1v) is 11.7. The van der Waals surface area contributed by atoms with Gasteiger partial charge in [-0.2, -0.15) is 10.2 Å². The van der Waals surface area contributed by atoms with Crippen LogP contribution in [0.1, 0.15) is 10.4 Å². The Morgan fingerprint density at radius 1 is 0.865 bits per heavy atom. The average Bonchev–Trinajstić information content (AvgIpc) is 3.52. The number of rotatable bonds is 6.